The molecule has 2 amide bonds. The summed E-state index contributed by atoms with van der Waals surface area (Å²) in [5.74, 6) is -0.541. The van der Waals surface area contributed by atoms with Crippen molar-refractivity contribution >= 4 is 27.5 Å². The predicted octanol–water partition coefficient (Wildman–Crippen LogP) is 4.37. The molecule has 0 unspecified atom stereocenters. The summed E-state index contributed by atoms with van der Waals surface area (Å²) in [5.41, 5.74) is 3.31. The fraction of sp³-hybridized carbons (Fsp3) is 0.517. The van der Waals surface area contributed by atoms with Gasteiger partial charge in [0.25, 0.3) is 0 Å². The Labute approximate surface area is 222 Å². The highest BCUT2D eigenvalue weighted by molar-refractivity contribution is 7.92. The zero-order chi connectivity index (χ0) is 27.0. The van der Waals surface area contributed by atoms with Crippen molar-refractivity contribution < 1.29 is 18.0 Å². The molecule has 0 aromatic heterocycles. The van der Waals surface area contributed by atoms with E-state index in [9.17, 15) is 18.0 Å². The number of aryl methyl sites for hydroxylation is 2. The predicted molar refractivity (Wildman–Crippen MR) is 149 cm³/mol. The van der Waals surface area contributed by atoms with Crippen molar-refractivity contribution in [2.24, 2.45) is 0 Å². The summed E-state index contributed by atoms with van der Waals surface area (Å²) in [6, 6.07) is 14.7. The molecule has 0 radical (unpaired) electrons. The average Bonchev–Trinajstić information content (AvgIpc) is 2.86. The lowest BCUT2D eigenvalue weighted by Crippen LogP contribution is -2.54. The lowest BCUT2D eigenvalue weighted by Gasteiger charge is -2.34. The van der Waals surface area contributed by atoms with E-state index in [4.69, 9.17) is 0 Å². The third kappa shape index (κ3) is 8.06. The summed E-state index contributed by atoms with van der Waals surface area (Å²) >= 11 is 0. The topological polar surface area (TPSA) is 86.8 Å². The lowest BCUT2D eigenvalue weighted by molar-refractivity contribution is -0.140. The molecule has 3 rings (SSSR count). The molecule has 1 saturated carbocycles. The third-order valence-electron chi connectivity index (χ3n) is 7.12. The van der Waals surface area contributed by atoms with Crippen LogP contribution in [0.15, 0.2) is 48.5 Å². The average molecular weight is 528 g/mol. The second kappa shape index (κ2) is 13.1. The SMILES string of the molecule is CC[C@@H](C(=O)NC1CCCCC1)N(CCc1ccccc1)C(=O)CN(c1ccc(C)cc1C)S(C)(=O)=O. The van der Waals surface area contributed by atoms with Gasteiger partial charge >= 0.3 is 0 Å². The first kappa shape index (κ1) is 28.7. The van der Waals surface area contributed by atoms with Gasteiger partial charge in [-0.3, -0.25) is 13.9 Å². The summed E-state index contributed by atoms with van der Waals surface area (Å²) < 4.78 is 26.8. The maximum atomic E-state index is 13.8. The van der Waals surface area contributed by atoms with Gasteiger partial charge in [-0.25, -0.2) is 8.42 Å². The largest absolute Gasteiger partial charge is 0.352 e. The van der Waals surface area contributed by atoms with Crippen LogP contribution in [0.25, 0.3) is 0 Å². The van der Waals surface area contributed by atoms with Gasteiger partial charge in [0.2, 0.25) is 21.8 Å². The molecule has 1 aliphatic carbocycles. The minimum Gasteiger partial charge on any atom is -0.352 e. The Morgan fingerprint density at radius 1 is 1.03 bits per heavy atom. The zero-order valence-corrected chi connectivity index (χ0v) is 23.4. The van der Waals surface area contributed by atoms with Crippen molar-refractivity contribution in [3.05, 3.63) is 65.2 Å². The van der Waals surface area contributed by atoms with Crippen molar-refractivity contribution in [3.63, 3.8) is 0 Å². The smallest absolute Gasteiger partial charge is 0.244 e. The van der Waals surface area contributed by atoms with Gasteiger partial charge in [-0.05, 0) is 56.7 Å². The highest BCUT2D eigenvalue weighted by Gasteiger charge is 2.32. The number of nitrogens with one attached hydrogen (secondary N) is 1. The van der Waals surface area contributed by atoms with Crippen molar-refractivity contribution in [2.75, 3.05) is 23.7 Å². The highest BCUT2D eigenvalue weighted by Crippen LogP contribution is 2.24. The molecule has 1 N–H and O–H groups in total. The maximum absolute atomic E-state index is 13.8. The highest BCUT2D eigenvalue weighted by atomic mass is 32.2. The third-order valence-corrected chi connectivity index (χ3v) is 8.25. The number of amides is 2. The molecule has 202 valence electrons. The van der Waals surface area contributed by atoms with Gasteiger partial charge in [-0.2, -0.15) is 0 Å². The second-order valence-corrected chi connectivity index (χ2v) is 12.1. The molecule has 8 heteroatoms. The first-order valence-corrected chi connectivity index (χ1v) is 15.1. The molecule has 0 spiro atoms. The maximum Gasteiger partial charge on any atom is 0.244 e. The number of hydrogen-bond acceptors (Lipinski definition) is 4. The van der Waals surface area contributed by atoms with Crippen LogP contribution >= 0.6 is 0 Å². The van der Waals surface area contributed by atoms with E-state index >= 15 is 0 Å². The number of carbonyl (C=O) groups is 2. The monoisotopic (exact) mass is 527 g/mol. The van der Waals surface area contributed by atoms with Crippen LogP contribution in [-0.2, 0) is 26.0 Å². The van der Waals surface area contributed by atoms with E-state index in [0.717, 1.165) is 52.9 Å². The fourth-order valence-corrected chi connectivity index (χ4v) is 6.03. The van der Waals surface area contributed by atoms with Crippen LogP contribution in [0.2, 0.25) is 0 Å². The van der Waals surface area contributed by atoms with Gasteiger partial charge in [-0.1, -0.05) is 74.2 Å². The number of rotatable bonds is 11. The Morgan fingerprint density at radius 3 is 2.30 bits per heavy atom. The number of sulfonamides is 1. The Morgan fingerprint density at radius 2 is 1.70 bits per heavy atom. The van der Waals surface area contributed by atoms with E-state index in [0.29, 0.717) is 25.1 Å². The van der Waals surface area contributed by atoms with Crippen molar-refractivity contribution in [2.45, 2.75) is 77.8 Å². The number of nitrogens with zero attached hydrogens (tertiary/aromatic N) is 2. The van der Waals surface area contributed by atoms with E-state index in [1.54, 1.807) is 11.0 Å². The molecule has 0 aliphatic heterocycles. The Balaban J connectivity index is 1.88. The first-order chi connectivity index (χ1) is 17.6. The summed E-state index contributed by atoms with van der Waals surface area (Å²) in [4.78, 5) is 28.8. The molecule has 1 atom stereocenters. The number of anilines is 1. The molecule has 37 heavy (non-hydrogen) atoms. The summed E-state index contributed by atoms with van der Waals surface area (Å²) in [5, 5.41) is 3.17. The van der Waals surface area contributed by atoms with Gasteiger partial charge in [0.1, 0.15) is 12.6 Å². The van der Waals surface area contributed by atoms with Crippen LogP contribution in [-0.4, -0.2) is 56.6 Å². The standard InChI is InChI=1S/C29H41N3O4S/c1-5-26(29(34)30-25-14-10-7-11-15-25)31(19-18-24-12-8-6-9-13-24)28(33)21-32(37(4,35)36)27-17-16-22(2)20-23(27)3/h6,8-9,12-13,16-17,20,25-26H,5,7,10-11,14-15,18-19,21H2,1-4H3,(H,30,34)/t26-/m0/s1. The summed E-state index contributed by atoms with van der Waals surface area (Å²) in [6.07, 6.45) is 7.41. The van der Waals surface area contributed by atoms with E-state index in [1.165, 1.54) is 6.42 Å². The van der Waals surface area contributed by atoms with Gasteiger partial charge in [0.05, 0.1) is 11.9 Å². The normalized spacial score (nSPS) is 15.1. The molecule has 2 aromatic carbocycles. The van der Waals surface area contributed by atoms with Crippen LogP contribution in [0, 0.1) is 13.8 Å². The molecule has 1 fully saturated rings. The molecule has 0 bridgehead atoms. The fourth-order valence-electron chi connectivity index (χ4n) is 5.12. The van der Waals surface area contributed by atoms with Crippen LogP contribution in [0.1, 0.15) is 62.1 Å². The van der Waals surface area contributed by atoms with Crippen LogP contribution in [0.4, 0.5) is 5.69 Å². The first-order valence-electron chi connectivity index (χ1n) is 13.3. The number of carbonyl (C=O) groups excluding carboxylic acids is 2. The van der Waals surface area contributed by atoms with E-state index in [2.05, 4.69) is 5.32 Å². The molecular formula is C29H41N3O4S. The molecule has 1 aliphatic rings. The molecular weight excluding hydrogens is 486 g/mol. The Bertz CT molecular complexity index is 1160. The Kier molecular flexibility index (Phi) is 10.1. The lowest BCUT2D eigenvalue weighted by atomic mass is 9.95. The van der Waals surface area contributed by atoms with Crippen LogP contribution < -0.4 is 9.62 Å². The molecule has 0 heterocycles. The molecule has 2 aromatic rings. The van der Waals surface area contributed by atoms with E-state index < -0.39 is 16.1 Å². The van der Waals surface area contributed by atoms with Gasteiger partial charge in [0.15, 0.2) is 0 Å². The van der Waals surface area contributed by atoms with Crippen molar-refractivity contribution in [3.8, 4) is 0 Å². The number of hydrogen-bond donors (Lipinski definition) is 1. The van der Waals surface area contributed by atoms with E-state index in [-0.39, 0.29) is 24.4 Å². The van der Waals surface area contributed by atoms with Crippen LogP contribution in [0.3, 0.4) is 0 Å². The minimum absolute atomic E-state index is 0.129. The molecule has 0 saturated heterocycles. The number of benzene rings is 2. The zero-order valence-electron chi connectivity index (χ0n) is 22.6. The van der Waals surface area contributed by atoms with Crippen LogP contribution in [0.5, 0.6) is 0 Å². The van der Waals surface area contributed by atoms with Crippen molar-refractivity contribution in [1.29, 1.82) is 0 Å². The Hall–Kier alpha value is -2.87. The minimum atomic E-state index is -3.74. The van der Waals surface area contributed by atoms with Gasteiger partial charge < -0.3 is 10.2 Å². The summed E-state index contributed by atoms with van der Waals surface area (Å²) in [7, 11) is -3.74. The molecule has 7 nitrogen and oxygen atoms in total. The quantitative estimate of drug-likeness (QED) is 0.470. The van der Waals surface area contributed by atoms with E-state index in [1.807, 2.05) is 63.2 Å². The van der Waals surface area contributed by atoms with Crippen molar-refractivity contribution in [1.82, 2.24) is 10.2 Å². The summed E-state index contributed by atoms with van der Waals surface area (Å²) in [6.45, 7) is 5.64. The second-order valence-electron chi connectivity index (χ2n) is 10.1. The van der Waals surface area contributed by atoms with Gasteiger partial charge in [0, 0.05) is 12.6 Å². The van der Waals surface area contributed by atoms with Gasteiger partial charge in [-0.15, -0.1) is 0 Å².